The number of halogens is 2. The van der Waals surface area contributed by atoms with Crippen LogP contribution >= 0.6 is 12.4 Å². The van der Waals surface area contributed by atoms with Gasteiger partial charge in [0.25, 0.3) is 0 Å². The molecular weight excluding hydrogens is 243 g/mol. The van der Waals surface area contributed by atoms with Crippen molar-refractivity contribution >= 4 is 18.3 Å². The molecule has 1 rings (SSSR count). The highest BCUT2D eigenvalue weighted by molar-refractivity contribution is 5.85. The van der Waals surface area contributed by atoms with Gasteiger partial charge in [0, 0.05) is 18.5 Å². The summed E-state index contributed by atoms with van der Waals surface area (Å²) < 4.78 is 12.8. The molecule has 1 aromatic carbocycles. The van der Waals surface area contributed by atoms with Crippen LogP contribution in [0.15, 0.2) is 24.3 Å². The van der Waals surface area contributed by atoms with Crippen molar-refractivity contribution < 1.29 is 9.18 Å². The van der Waals surface area contributed by atoms with Gasteiger partial charge in [-0.2, -0.15) is 0 Å². The molecule has 1 aromatic rings. The fraction of sp³-hybridized carbons (Fsp3) is 0.417. The van der Waals surface area contributed by atoms with Crippen molar-refractivity contribution in [1.29, 1.82) is 0 Å². The summed E-state index contributed by atoms with van der Waals surface area (Å²) in [5, 5.41) is 2.72. The molecule has 0 fully saturated rings. The Bertz CT molecular complexity index is 371. The maximum Gasteiger partial charge on any atom is 0.224 e. The number of amides is 1. The Labute approximate surface area is 107 Å². The minimum atomic E-state index is -0.299. The zero-order valence-electron chi connectivity index (χ0n) is 9.94. The molecule has 2 atom stereocenters. The van der Waals surface area contributed by atoms with Gasteiger partial charge in [0.15, 0.2) is 0 Å². The molecule has 17 heavy (non-hydrogen) atoms. The topological polar surface area (TPSA) is 55.1 Å². The van der Waals surface area contributed by atoms with Crippen molar-refractivity contribution in [3.63, 3.8) is 0 Å². The Hall–Kier alpha value is -1.13. The SMILES string of the molecule is CC(N)C(C)C(=O)NCc1cccc(F)c1.Cl. The van der Waals surface area contributed by atoms with Gasteiger partial charge in [-0.1, -0.05) is 19.1 Å². The van der Waals surface area contributed by atoms with Crippen molar-refractivity contribution in [2.75, 3.05) is 0 Å². The van der Waals surface area contributed by atoms with Crippen molar-refractivity contribution in [2.24, 2.45) is 11.7 Å². The van der Waals surface area contributed by atoms with Gasteiger partial charge in [0.1, 0.15) is 5.82 Å². The first-order valence-corrected chi connectivity index (χ1v) is 5.28. The van der Waals surface area contributed by atoms with Gasteiger partial charge in [0.2, 0.25) is 5.91 Å². The molecule has 0 saturated carbocycles. The molecule has 5 heteroatoms. The number of carbonyl (C=O) groups excluding carboxylic acids is 1. The van der Waals surface area contributed by atoms with Gasteiger partial charge in [0.05, 0.1) is 0 Å². The Morgan fingerprint density at radius 2 is 2.12 bits per heavy atom. The number of carbonyl (C=O) groups is 1. The minimum Gasteiger partial charge on any atom is -0.352 e. The molecule has 3 N–H and O–H groups in total. The lowest BCUT2D eigenvalue weighted by Gasteiger charge is -2.15. The van der Waals surface area contributed by atoms with Crippen molar-refractivity contribution in [2.45, 2.75) is 26.4 Å². The minimum absolute atomic E-state index is 0. The van der Waals surface area contributed by atoms with Crippen molar-refractivity contribution in [1.82, 2.24) is 5.32 Å². The van der Waals surface area contributed by atoms with Crippen LogP contribution in [0.5, 0.6) is 0 Å². The Morgan fingerprint density at radius 3 is 2.65 bits per heavy atom. The van der Waals surface area contributed by atoms with Crippen LogP contribution in [0.1, 0.15) is 19.4 Å². The molecule has 1 amide bonds. The predicted molar refractivity (Wildman–Crippen MR) is 68.3 cm³/mol. The van der Waals surface area contributed by atoms with E-state index in [1.807, 2.05) is 0 Å². The van der Waals surface area contributed by atoms with Crippen molar-refractivity contribution in [3.8, 4) is 0 Å². The quantitative estimate of drug-likeness (QED) is 0.868. The third kappa shape index (κ3) is 5.15. The number of benzene rings is 1. The maximum atomic E-state index is 12.8. The molecule has 0 aliphatic rings. The van der Waals surface area contributed by atoms with Crippen LogP contribution in [0.2, 0.25) is 0 Å². The monoisotopic (exact) mass is 260 g/mol. The summed E-state index contributed by atoms with van der Waals surface area (Å²) in [7, 11) is 0. The van der Waals surface area contributed by atoms with Crippen molar-refractivity contribution in [3.05, 3.63) is 35.6 Å². The van der Waals surface area contributed by atoms with E-state index in [2.05, 4.69) is 5.32 Å². The smallest absolute Gasteiger partial charge is 0.224 e. The summed E-state index contributed by atoms with van der Waals surface area (Å²) in [4.78, 5) is 11.6. The second-order valence-corrected chi connectivity index (χ2v) is 4.00. The molecule has 0 bridgehead atoms. The number of nitrogens with one attached hydrogen (secondary N) is 1. The summed E-state index contributed by atoms with van der Waals surface area (Å²) in [5.74, 6) is -0.653. The normalized spacial score (nSPS) is 13.4. The number of hydrogen-bond acceptors (Lipinski definition) is 2. The summed E-state index contributed by atoms with van der Waals surface area (Å²) in [6.07, 6.45) is 0. The van der Waals surface area contributed by atoms with E-state index < -0.39 is 0 Å². The summed E-state index contributed by atoms with van der Waals surface area (Å²) in [6, 6.07) is 5.96. The zero-order valence-corrected chi connectivity index (χ0v) is 10.8. The standard InChI is InChI=1S/C12H17FN2O.ClH/c1-8(9(2)14)12(16)15-7-10-4-3-5-11(13)6-10;/h3-6,8-9H,7,14H2,1-2H3,(H,15,16);1H. The molecule has 0 saturated heterocycles. The molecule has 0 radical (unpaired) electrons. The molecule has 0 aromatic heterocycles. The summed E-state index contributed by atoms with van der Waals surface area (Å²) in [5.41, 5.74) is 6.35. The molecular formula is C12H18ClFN2O. The van der Waals surface area contributed by atoms with E-state index in [1.165, 1.54) is 12.1 Å². The number of rotatable bonds is 4. The van der Waals surface area contributed by atoms with Gasteiger partial charge < -0.3 is 11.1 Å². The van der Waals surface area contributed by atoms with E-state index in [4.69, 9.17) is 5.73 Å². The van der Waals surface area contributed by atoms with Gasteiger partial charge >= 0.3 is 0 Å². The van der Waals surface area contributed by atoms with Gasteiger partial charge in [-0.3, -0.25) is 4.79 Å². The third-order valence-electron chi connectivity index (χ3n) is 2.56. The van der Waals surface area contributed by atoms with Gasteiger partial charge in [-0.25, -0.2) is 4.39 Å². The van der Waals surface area contributed by atoms with Gasteiger partial charge in [-0.15, -0.1) is 12.4 Å². The molecule has 2 unspecified atom stereocenters. The molecule has 0 spiro atoms. The summed E-state index contributed by atoms with van der Waals surface area (Å²) in [6.45, 7) is 3.88. The van der Waals surface area contributed by atoms with E-state index >= 15 is 0 Å². The fourth-order valence-electron chi connectivity index (χ4n) is 1.24. The molecule has 96 valence electrons. The number of nitrogens with two attached hydrogens (primary N) is 1. The van der Waals surface area contributed by atoms with Crippen LogP contribution in [0.4, 0.5) is 4.39 Å². The maximum absolute atomic E-state index is 12.8. The van der Waals surface area contributed by atoms with Crippen LogP contribution in [-0.2, 0) is 11.3 Å². The fourth-order valence-corrected chi connectivity index (χ4v) is 1.24. The molecule has 0 aliphatic carbocycles. The zero-order chi connectivity index (χ0) is 12.1. The van der Waals surface area contributed by atoms with E-state index in [1.54, 1.807) is 26.0 Å². The van der Waals surface area contributed by atoms with Crippen LogP contribution in [-0.4, -0.2) is 11.9 Å². The van der Waals surface area contributed by atoms with E-state index in [0.29, 0.717) is 6.54 Å². The second-order valence-electron chi connectivity index (χ2n) is 4.00. The lowest BCUT2D eigenvalue weighted by Crippen LogP contribution is -2.38. The van der Waals surface area contributed by atoms with E-state index in [0.717, 1.165) is 5.56 Å². The number of hydrogen-bond donors (Lipinski definition) is 2. The highest BCUT2D eigenvalue weighted by Crippen LogP contribution is 2.04. The molecule has 3 nitrogen and oxygen atoms in total. The average molecular weight is 261 g/mol. The molecule has 0 heterocycles. The predicted octanol–water partition coefficient (Wildman–Crippen LogP) is 1.85. The van der Waals surface area contributed by atoms with E-state index in [9.17, 15) is 9.18 Å². The second kappa shape index (κ2) is 7.25. The highest BCUT2D eigenvalue weighted by Gasteiger charge is 2.16. The summed E-state index contributed by atoms with van der Waals surface area (Å²) >= 11 is 0. The lowest BCUT2D eigenvalue weighted by molar-refractivity contribution is -0.125. The lowest BCUT2D eigenvalue weighted by atomic mass is 10.0. The first-order valence-electron chi connectivity index (χ1n) is 5.28. The molecule has 0 aliphatic heterocycles. The van der Waals surface area contributed by atoms with Crippen LogP contribution in [0.25, 0.3) is 0 Å². The van der Waals surface area contributed by atoms with Crippen LogP contribution < -0.4 is 11.1 Å². The first kappa shape index (κ1) is 15.9. The Morgan fingerprint density at radius 1 is 1.47 bits per heavy atom. The first-order chi connectivity index (χ1) is 7.50. The largest absolute Gasteiger partial charge is 0.352 e. The van der Waals surface area contributed by atoms with E-state index in [-0.39, 0.29) is 36.1 Å². The van der Waals surface area contributed by atoms with Gasteiger partial charge in [-0.05, 0) is 24.6 Å². The van der Waals surface area contributed by atoms with Crippen LogP contribution in [0, 0.1) is 11.7 Å². The average Bonchev–Trinajstić information content (AvgIpc) is 2.24. The highest BCUT2D eigenvalue weighted by atomic mass is 35.5. The Kier molecular flexibility index (Phi) is 6.76. The Balaban J connectivity index is 0.00000256. The third-order valence-corrected chi connectivity index (χ3v) is 2.56. The van der Waals surface area contributed by atoms with Crippen LogP contribution in [0.3, 0.4) is 0 Å².